The van der Waals surface area contributed by atoms with Gasteiger partial charge in [-0.05, 0) is 11.1 Å². The van der Waals surface area contributed by atoms with Gasteiger partial charge in [0.15, 0.2) is 0 Å². The van der Waals surface area contributed by atoms with Crippen LogP contribution < -0.4 is 0 Å². The van der Waals surface area contributed by atoms with Crippen molar-refractivity contribution in [2.24, 2.45) is 0 Å². The van der Waals surface area contributed by atoms with Crippen LogP contribution in [-0.2, 0) is 14.3 Å². The largest absolute Gasteiger partial charge is 0.359 e. The zero-order chi connectivity index (χ0) is 15.3. The van der Waals surface area contributed by atoms with Gasteiger partial charge in [-0.2, -0.15) is 21.4 Å². The summed E-state index contributed by atoms with van der Waals surface area (Å²) >= 11 is 0. The van der Waals surface area contributed by atoms with E-state index in [0.717, 1.165) is 0 Å². The second-order valence-corrected chi connectivity index (χ2v) is 5.53. The summed E-state index contributed by atoms with van der Waals surface area (Å²) in [5.74, 6) is 0. The van der Waals surface area contributed by atoms with E-state index in [2.05, 4.69) is 4.18 Å². The van der Waals surface area contributed by atoms with Crippen molar-refractivity contribution in [3.8, 4) is 0 Å². The third-order valence-corrected chi connectivity index (χ3v) is 3.58. The van der Waals surface area contributed by atoms with E-state index in [1.54, 1.807) is 60.7 Å². The van der Waals surface area contributed by atoms with E-state index in [4.69, 9.17) is 0 Å². The van der Waals surface area contributed by atoms with Gasteiger partial charge >= 0.3 is 6.61 Å². The lowest BCUT2D eigenvalue weighted by molar-refractivity contribution is -0.0432. The Kier molecular flexibility index (Phi) is 4.82. The Morgan fingerprint density at radius 3 is 1.71 bits per heavy atom. The molecule has 2 rings (SSSR count). The lowest BCUT2D eigenvalue weighted by atomic mass is 10.00. The number of hydrogen-bond donors (Lipinski definition) is 0. The van der Waals surface area contributed by atoms with E-state index >= 15 is 0 Å². The van der Waals surface area contributed by atoms with Crippen molar-refractivity contribution in [2.75, 3.05) is 0 Å². The minimum Gasteiger partial charge on any atom is -0.200 e. The molecule has 0 bridgehead atoms. The Balaban J connectivity index is 2.53. The molecule has 0 aliphatic carbocycles. The molecule has 0 saturated heterocycles. The van der Waals surface area contributed by atoms with Gasteiger partial charge in [0.05, 0.1) is 5.41 Å². The second-order valence-electron chi connectivity index (χ2n) is 4.11. The Bertz CT molecular complexity index is 670. The maximum absolute atomic E-state index is 12.2. The van der Waals surface area contributed by atoms with Crippen LogP contribution in [0.25, 0.3) is 5.57 Å². The van der Waals surface area contributed by atoms with E-state index in [-0.39, 0.29) is 5.57 Å². The van der Waals surface area contributed by atoms with Gasteiger partial charge in [-0.15, -0.1) is 0 Å². The smallest absolute Gasteiger partial charge is 0.200 e. The molecule has 0 radical (unpaired) electrons. The highest BCUT2D eigenvalue weighted by Gasteiger charge is 2.18. The quantitative estimate of drug-likeness (QED) is 0.792. The average Bonchev–Trinajstić information content (AvgIpc) is 2.45. The first-order chi connectivity index (χ1) is 9.98. The molecule has 2 aromatic rings. The Hall–Kier alpha value is -2.05. The molecule has 0 heterocycles. The molecule has 0 spiro atoms. The molecule has 0 unspecified atom stereocenters. The molecule has 0 fully saturated rings. The minimum absolute atomic E-state index is 0.289. The van der Waals surface area contributed by atoms with Crippen LogP contribution in [0.4, 0.5) is 8.78 Å². The molecule has 0 aliphatic heterocycles. The summed E-state index contributed by atoms with van der Waals surface area (Å²) in [5.41, 5.74) is 1.46. The zero-order valence-electron chi connectivity index (χ0n) is 10.8. The van der Waals surface area contributed by atoms with E-state index < -0.39 is 16.7 Å². The molecule has 0 aromatic heterocycles. The summed E-state index contributed by atoms with van der Waals surface area (Å²) in [6.45, 7) is -3.39. The van der Waals surface area contributed by atoms with Crippen LogP contribution in [-0.4, -0.2) is 15.0 Å². The van der Waals surface area contributed by atoms with Crippen molar-refractivity contribution in [2.45, 2.75) is 6.61 Å². The van der Waals surface area contributed by atoms with Crippen molar-refractivity contribution in [1.29, 1.82) is 0 Å². The molecule has 0 atom stereocenters. The number of alkyl halides is 2. The van der Waals surface area contributed by atoms with Gasteiger partial charge in [-0.25, -0.2) is 0 Å². The van der Waals surface area contributed by atoms with Crippen LogP contribution in [0.3, 0.4) is 0 Å². The van der Waals surface area contributed by atoms with Crippen molar-refractivity contribution in [1.82, 2.24) is 0 Å². The number of hydrogen-bond acceptors (Lipinski definition) is 3. The summed E-state index contributed by atoms with van der Waals surface area (Å²) in [7, 11) is -4.49. The molecule has 0 saturated carbocycles. The van der Waals surface area contributed by atoms with Crippen LogP contribution in [0, 0.1) is 0 Å². The first-order valence-electron chi connectivity index (χ1n) is 6.02. The topological polar surface area (TPSA) is 43.4 Å². The Labute approximate surface area is 121 Å². The lowest BCUT2D eigenvalue weighted by Gasteiger charge is -2.09. The van der Waals surface area contributed by atoms with Gasteiger partial charge in [-0.1, -0.05) is 60.7 Å². The zero-order valence-corrected chi connectivity index (χ0v) is 11.6. The first-order valence-corrected chi connectivity index (χ1v) is 7.49. The fraction of sp³-hybridized carbons (Fsp3) is 0.0667. The highest BCUT2D eigenvalue weighted by Crippen LogP contribution is 2.25. The summed E-state index contributed by atoms with van der Waals surface area (Å²) in [5, 5.41) is 0.712. The molecule has 21 heavy (non-hydrogen) atoms. The maximum Gasteiger partial charge on any atom is 0.359 e. The molecule has 110 valence electrons. The van der Waals surface area contributed by atoms with Gasteiger partial charge in [0.2, 0.25) is 0 Å². The SMILES string of the molecule is O=S(=O)(C=C(c1ccccc1)c1ccccc1)OC(F)F. The normalized spacial score (nSPS) is 11.4. The molecular formula is C15H12F2O3S. The highest BCUT2D eigenvalue weighted by molar-refractivity contribution is 7.89. The van der Waals surface area contributed by atoms with Gasteiger partial charge in [0.1, 0.15) is 0 Å². The fourth-order valence-electron chi connectivity index (χ4n) is 1.81. The molecule has 0 amide bonds. The standard InChI is InChI=1S/C15H12F2O3S/c16-15(17)20-21(18,19)11-14(12-7-3-1-4-8-12)13-9-5-2-6-10-13/h1-11,15H. The van der Waals surface area contributed by atoms with Crippen LogP contribution in [0.5, 0.6) is 0 Å². The third kappa shape index (κ3) is 4.47. The summed E-state index contributed by atoms with van der Waals surface area (Å²) in [6, 6.07) is 17.2. The lowest BCUT2D eigenvalue weighted by Crippen LogP contribution is -2.08. The first kappa shape index (κ1) is 15.3. The number of rotatable bonds is 5. The molecule has 6 heteroatoms. The average molecular weight is 310 g/mol. The van der Waals surface area contributed by atoms with E-state index in [0.29, 0.717) is 16.5 Å². The minimum atomic E-state index is -4.49. The maximum atomic E-state index is 12.2. The Morgan fingerprint density at radius 2 is 1.33 bits per heavy atom. The van der Waals surface area contributed by atoms with E-state index in [9.17, 15) is 17.2 Å². The van der Waals surface area contributed by atoms with Gasteiger partial charge < -0.3 is 0 Å². The number of benzene rings is 2. The molecular weight excluding hydrogens is 298 g/mol. The monoisotopic (exact) mass is 310 g/mol. The predicted molar refractivity (Wildman–Crippen MR) is 76.0 cm³/mol. The van der Waals surface area contributed by atoms with Crippen molar-refractivity contribution < 1.29 is 21.4 Å². The highest BCUT2D eigenvalue weighted by atomic mass is 32.2. The summed E-state index contributed by atoms with van der Waals surface area (Å²) < 4.78 is 51.2. The van der Waals surface area contributed by atoms with Crippen molar-refractivity contribution in [3.63, 3.8) is 0 Å². The van der Waals surface area contributed by atoms with Crippen molar-refractivity contribution >= 4 is 15.7 Å². The van der Waals surface area contributed by atoms with Gasteiger partial charge in [-0.3, -0.25) is 0 Å². The van der Waals surface area contributed by atoms with Crippen LogP contribution >= 0.6 is 0 Å². The van der Waals surface area contributed by atoms with Crippen molar-refractivity contribution in [3.05, 3.63) is 77.2 Å². The molecule has 0 aliphatic rings. The third-order valence-electron chi connectivity index (χ3n) is 2.64. The van der Waals surface area contributed by atoms with Crippen LogP contribution in [0.1, 0.15) is 11.1 Å². The fourth-order valence-corrected chi connectivity index (χ4v) is 2.63. The summed E-state index contributed by atoms with van der Waals surface area (Å²) in [4.78, 5) is 0. The molecule has 2 aromatic carbocycles. The van der Waals surface area contributed by atoms with Gasteiger partial charge in [0.25, 0.3) is 10.1 Å². The molecule has 3 nitrogen and oxygen atoms in total. The second kappa shape index (κ2) is 6.60. The van der Waals surface area contributed by atoms with Crippen LogP contribution in [0.15, 0.2) is 66.1 Å². The van der Waals surface area contributed by atoms with Gasteiger partial charge in [0, 0.05) is 5.57 Å². The number of halogens is 2. The van der Waals surface area contributed by atoms with Crippen LogP contribution in [0.2, 0.25) is 0 Å². The van der Waals surface area contributed by atoms with E-state index in [1.165, 1.54) is 0 Å². The molecule has 0 N–H and O–H groups in total. The van der Waals surface area contributed by atoms with E-state index in [1.807, 2.05) is 0 Å². The summed E-state index contributed by atoms with van der Waals surface area (Å²) in [6.07, 6.45) is 0. The Morgan fingerprint density at radius 1 is 0.905 bits per heavy atom. The predicted octanol–water partition coefficient (Wildman–Crippen LogP) is 3.64.